The van der Waals surface area contributed by atoms with Crippen molar-refractivity contribution in [1.82, 2.24) is 4.98 Å². The zero-order valence-electron chi connectivity index (χ0n) is 6.90. The van der Waals surface area contributed by atoms with Gasteiger partial charge in [0.2, 0.25) is 0 Å². The molecule has 0 aliphatic carbocycles. The van der Waals surface area contributed by atoms with Crippen molar-refractivity contribution in [2.75, 3.05) is 0 Å². The predicted molar refractivity (Wildman–Crippen MR) is 56.2 cm³/mol. The predicted octanol–water partition coefficient (Wildman–Crippen LogP) is 3.40. The highest BCUT2D eigenvalue weighted by atomic mass is 32.1. The maximum Gasteiger partial charge on any atom is 0.0732 e. The lowest BCUT2D eigenvalue weighted by Gasteiger charge is -1.92. The van der Waals surface area contributed by atoms with Gasteiger partial charge in [-0.25, -0.2) is 4.98 Å². The van der Waals surface area contributed by atoms with E-state index in [1.54, 1.807) is 11.3 Å². The normalized spacial score (nSPS) is 11.1. The van der Waals surface area contributed by atoms with Crippen LogP contribution in [-0.4, -0.2) is 4.98 Å². The third-order valence-corrected chi connectivity index (χ3v) is 2.87. The van der Waals surface area contributed by atoms with Crippen molar-refractivity contribution in [3.63, 3.8) is 0 Å². The number of hydrogen-bond acceptors (Lipinski definition) is 2. The molecule has 1 aromatic rings. The monoisotopic (exact) mass is 185 g/mol. The van der Waals surface area contributed by atoms with Gasteiger partial charge in [0.25, 0.3) is 0 Å². The number of aromatic nitrogens is 1. The summed E-state index contributed by atoms with van der Waals surface area (Å²) in [5, 5.41) is 5.48. The Morgan fingerprint density at radius 3 is 3.00 bits per heavy atom. The van der Waals surface area contributed by atoms with Crippen molar-refractivity contribution < 1.29 is 0 Å². The second-order valence-electron chi connectivity index (χ2n) is 2.98. The largest absolute Gasteiger partial charge is 0.248 e. The molecule has 0 unspecified atom stereocenters. The molecule has 0 fully saturated rings. The van der Waals surface area contributed by atoms with Crippen LogP contribution in [0.1, 0.15) is 0 Å². The molecule has 2 aliphatic rings. The quantitative estimate of drug-likeness (QED) is 0.523. The molecule has 0 amide bonds. The fourth-order valence-electron chi connectivity index (χ4n) is 1.59. The SMILES string of the molecule is c1ccc2c3csccc-3nc2c1. The van der Waals surface area contributed by atoms with Crippen molar-refractivity contribution in [3.05, 3.63) is 41.1 Å². The third-order valence-electron chi connectivity index (χ3n) is 2.20. The lowest BCUT2D eigenvalue weighted by Crippen LogP contribution is -1.70. The van der Waals surface area contributed by atoms with E-state index < -0.39 is 0 Å². The van der Waals surface area contributed by atoms with Gasteiger partial charge >= 0.3 is 0 Å². The molecule has 0 radical (unpaired) electrons. The van der Waals surface area contributed by atoms with Gasteiger partial charge in [-0.05, 0) is 17.5 Å². The fraction of sp³-hybridized carbons (Fsp3) is 0. The Labute approximate surface area is 80.0 Å². The Morgan fingerprint density at radius 2 is 2.00 bits per heavy atom. The second-order valence-corrected chi connectivity index (χ2v) is 3.76. The molecule has 0 atom stereocenters. The molecule has 13 heavy (non-hydrogen) atoms. The molecular formula is C11H7NS. The van der Waals surface area contributed by atoms with Gasteiger partial charge in [0, 0.05) is 16.3 Å². The fourth-order valence-corrected chi connectivity index (χ4v) is 2.26. The Balaban J connectivity index is 2.56. The van der Waals surface area contributed by atoms with Crippen LogP contribution in [0.4, 0.5) is 0 Å². The smallest absolute Gasteiger partial charge is 0.0732 e. The first-order valence-electron chi connectivity index (χ1n) is 4.16. The van der Waals surface area contributed by atoms with Gasteiger partial charge in [-0.1, -0.05) is 18.2 Å². The summed E-state index contributed by atoms with van der Waals surface area (Å²) in [4.78, 5) is 4.52. The summed E-state index contributed by atoms with van der Waals surface area (Å²) in [6.07, 6.45) is 0. The van der Waals surface area contributed by atoms with Crippen molar-refractivity contribution >= 4 is 22.2 Å². The molecule has 2 aliphatic heterocycles. The van der Waals surface area contributed by atoms with Gasteiger partial charge in [0.05, 0.1) is 11.2 Å². The van der Waals surface area contributed by atoms with E-state index >= 15 is 0 Å². The van der Waals surface area contributed by atoms with Gasteiger partial charge in [-0.2, -0.15) is 11.3 Å². The topological polar surface area (TPSA) is 12.9 Å². The molecule has 0 saturated carbocycles. The molecule has 1 aromatic carbocycles. The molecule has 0 bridgehead atoms. The molecular weight excluding hydrogens is 178 g/mol. The Kier molecular flexibility index (Phi) is 1.37. The molecule has 0 N–H and O–H groups in total. The van der Waals surface area contributed by atoms with E-state index in [0.29, 0.717) is 0 Å². The van der Waals surface area contributed by atoms with Crippen LogP contribution in [0.3, 0.4) is 0 Å². The lowest BCUT2D eigenvalue weighted by atomic mass is 10.1. The summed E-state index contributed by atoms with van der Waals surface area (Å²) in [5.41, 5.74) is 3.46. The van der Waals surface area contributed by atoms with E-state index in [9.17, 15) is 0 Å². The van der Waals surface area contributed by atoms with Crippen LogP contribution in [0.2, 0.25) is 0 Å². The zero-order valence-corrected chi connectivity index (χ0v) is 7.71. The molecule has 3 rings (SSSR count). The van der Waals surface area contributed by atoms with Crippen molar-refractivity contribution in [3.8, 4) is 11.3 Å². The lowest BCUT2D eigenvalue weighted by molar-refractivity contribution is 1.47. The van der Waals surface area contributed by atoms with E-state index in [-0.39, 0.29) is 0 Å². The van der Waals surface area contributed by atoms with E-state index in [4.69, 9.17) is 0 Å². The Hall–Kier alpha value is -1.41. The number of rotatable bonds is 0. The summed E-state index contributed by atoms with van der Waals surface area (Å²) in [6.45, 7) is 0. The number of fused-ring (bicyclic) bond motifs is 3. The second kappa shape index (κ2) is 2.54. The number of hydrogen-bond donors (Lipinski definition) is 0. The highest BCUT2D eigenvalue weighted by Gasteiger charge is 2.08. The van der Waals surface area contributed by atoms with Gasteiger partial charge in [0.1, 0.15) is 0 Å². The van der Waals surface area contributed by atoms with Crippen molar-refractivity contribution in [2.24, 2.45) is 0 Å². The summed E-state index contributed by atoms with van der Waals surface area (Å²) < 4.78 is 0. The minimum absolute atomic E-state index is 1.09. The molecule has 62 valence electrons. The summed E-state index contributed by atoms with van der Waals surface area (Å²) in [6, 6.07) is 10.3. The third kappa shape index (κ3) is 0.956. The molecule has 0 aromatic heterocycles. The first-order valence-corrected chi connectivity index (χ1v) is 5.10. The minimum Gasteiger partial charge on any atom is -0.248 e. The molecule has 1 nitrogen and oxygen atoms in total. The Bertz CT molecular complexity index is 527. The maximum absolute atomic E-state index is 4.52. The first kappa shape index (κ1) is 7.04. The molecule has 2 heterocycles. The van der Waals surface area contributed by atoms with E-state index in [0.717, 1.165) is 11.2 Å². The highest BCUT2D eigenvalue weighted by Crippen LogP contribution is 2.31. The number of nitrogens with zero attached hydrogens (tertiary/aromatic N) is 1. The molecule has 0 saturated heterocycles. The van der Waals surface area contributed by atoms with Crippen LogP contribution >= 0.6 is 11.3 Å². The highest BCUT2D eigenvalue weighted by molar-refractivity contribution is 7.08. The minimum atomic E-state index is 1.09. The van der Waals surface area contributed by atoms with Crippen LogP contribution < -0.4 is 0 Å². The number of para-hydroxylation sites is 1. The number of benzene rings is 1. The van der Waals surface area contributed by atoms with Crippen LogP contribution in [0.15, 0.2) is 41.1 Å². The van der Waals surface area contributed by atoms with Gasteiger partial charge in [-0.15, -0.1) is 0 Å². The average molecular weight is 185 g/mol. The van der Waals surface area contributed by atoms with Crippen LogP contribution in [0.5, 0.6) is 0 Å². The Morgan fingerprint density at radius 1 is 1.08 bits per heavy atom. The summed E-state index contributed by atoms with van der Waals surface area (Å²) in [5.74, 6) is 0. The van der Waals surface area contributed by atoms with E-state index in [2.05, 4.69) is 40.0 Å². The van der Waals surface area contributed by atoms with Gasteiger partial charge in [-0.3, -0.25) is 0 Å². The standard InChI is InChI=1S/C11H7NS/c1-2-4-10-8(3-1)9-7-13-6-5-11(9)12-10/h1-7H. The summed E-state index contributed by atoms with van der Waals surface area (Å²) >= 11 is 1.71. The average Bonchev–Trinajstić information content (AvgIpc) is 2.56. The maximum atomic E-state index is 4.52. The first-order chi connectivity index (χ1) is 6.45. The van der Waals surface area contributed by atoms with E-state index in [1.165, 1.54) is 10.9 Å². The van der Waals surface area contributed by atoms with E-state index in [1.807, 2.05) is 6.07 Å². The zero-order chi connectivity index (χ0) is 8.67. The van der Waals surface area contributed by atoms with Crippen molar-refractivity contribution in [1.29, 1.82) is 0 Å². The van der Waals surface area contributed by atoms with Gasteiger partial charge < -0.3 is 0 Å². The summed E-state index contributed by atoms with van der Waals surface area (Å²) in [7, 11) is 0. The molecule has 2 heteroatoms. The van der Waals surface area contributed by atoms with Crippen LogP contribution in [-0.2, 0) is 0 Å². The molecule has 0 spiro atoms. The van der Waals surface area contributed by atoms with Crippen molar-refractivity contribution in [2.45, 2.75) is 0 Å². The van der Waals surface area contributed by atoms with Crippen LogP contribution in [0, 0.1) is 0 Å². The van der Waals surface area contributed by atoms with Gasteiger partial charge in [0.15, 0.2) is 0 Å². The van der Waals surface area contributed by atoms with Crippen LogP contribution in [0.25, 0.3) is 22.2 Å².